The summed E-state index contributed by atoms with van der Waals surface area (Å²) in [6.07, 6.45) is 3.69. The van der Waals surface area contributed by atoms with Gasteiger partial charge in [0, 0.05) is 24.8 Å². The van der Waals surface area contributed by atoms with Crippen LogP contribution in [0.25, 0.3) is 0 Å². The minimum atomic E-state index is -0.0873. The first-order valence-corrected chi connectivity index (χ1v) is 5.94. The second kappa shape index (κ2) is 4.06. The maximum Gasteiger partial charge on any atom is 0.323 e. The molecular formula is C9H12N4OS. The highest BCUT2D eigenvalue weighted by Gasteiger charge is 2.24. The summed E-state index contributed by atoms with van der Waals surface area (Å²) in [6.45, 7) is 3.05. The number of aromatic nitrogens is 2. The molecule has 2 amide bonds. The van der Waals surface area contributed by atoms with Crippen LogP contribution in [-0.4, -0.2) is 28.8 Å². The van der Waals surface area contributed by atoms with Gasteiger partial charge in [0.05, 0.1) is 0 Å². The lowest BCUT2D eigenvalue weighted by atomic mass is 10.2. The second-order valence-corrected chi connectivity index (χ2v) is 3.88. The zero-order valence-corrected chi connectivity index (χ0v) is 9.47. The number of carbonyl (C=O) groups excluding carboxylic acids is 1. The average molecular weight is 224 g/mol. The van der Waals surface area contributed by atoms with Gasteiger partial charge in [0.25, 0.3) is 0 Å². The van der Waals surface area contributed by atoms with E-state index in [4.69, 9.17) is 0 Å². The van der Waals surface area contributed by atoms with Crippen molar-refractivity contribution in [3.63, 3.8) is 0 Å². The lowest BCUT2D eigenvalue weighted by molar-refractivity contribution is 0.244. The first-order chi connectivity index (χ1) is 7.26. The molecule has 15 heavy (non-hydrogen) atoms. The number of fused-ring (bicyclic) bond motifs is 1. The number of hydrogen-bond donors (Lipinski definition) is 1. The second-order valence-electron chi connectivity index (χ2n) is 3.11. The summed E-state index contributed by atoms with van der Waals surface area (Å²) in [7, 11) is 0. The molecule has 1 aliphatic rings. The van der Waals surface area contributed by atoms with Crippen LogP contribution in [0.2, 0.25) is 0 Å². The van der Waals surface area contributed by atoms with Crippen molar-refractivity contribution in [3.8, 4) is 0 Å². The van der Waals surface area contributed by atoms with Gasteiger partial charge in [-0.15, -0.1) is 0 Å². The van der Waals surface area contributed by atoms with Crippen molar-refractivity contribution in [1.82, 2.24) is 15.3 Å². The molecule has 1 N–H and O–H groups in total. The van der Waals surface area contributed by atoms with Crippen LogP contribution in [0.5, 0.6) is 0 Å². The molecule has 1 aliphatic heterocycles. The molecule has 1 aromatic heterocycles. The Morgan fingerprint density at radius 2 is 2.47 bits per heavy atom. The third-order valence-corrected chi connectivity index (χ3v) is 2.81. The van der Waals surface area contributed by atoms with E-state index in [1.165, 1.54) is 11.8 Å². The first kappa shape index (κ1) is 10.2. The van der Waals surface area contributed by atoms with Gasteiger partial charge >= 0.3 is 6.03 Å². The SMILES string of the molecule is CCN1C(=O)NCc2cnc(SC)nc21. The summed E-state index contributed by atoms with van der Waals surface area (Å²) in [5, 5.41) is 3.47. The van der Waals surface area contributed by atoms with Crippen LogP contribution in [0.1, 0.15) is 12.5 Å². The Morgan fingerprint density at radius 3 is 3.13 bits per heavy atom. The monoisotopic (exact) mass is 224 g/mol. The Labute approximate surface area is 92.3 Å². The van der Waals surface area contributed by atoms with Crippen molar-refractivity contribution < 1.29 is 4.79 Å². The summed E-state index contributed by atoms with van der Waals surface area (Å²) in [6, 6.07) is -0.0873. The Bertz CT molecular complexity index is 396. The van der Waals surface area contributed by atoms with Gasteiger partial charge in [-0.1, -0.05) is 11.8 Å². The molecule has 1 aromatic rings. The van der Waals surface area contributed by atoms with E-state index in [-0.39, 0.29) is 6.03 Å². The van der Waals surface area contributed by atoms with Gasteiger partial charge in [0.1, 0.15) is 5.82 Å². The fourth-order valence-electron chi connectivity index (χ4n) is 1.49. The summed E-state index contributed by atoms with van der Waals surface area (Å²) in [5.74, 6) is 0.737. The maximum absolute atomic E-state index is 11.5. The van der Waals surface area contributed by atoms with E-state index in [2.05, 4.69) is 15.3 Å². The van der Waals surface area contributed by atoms with E-state index < -0.39 is 0 Å². The number of nitrogens with one attached hydrogen (secondary N) is 1. The molecule has 0 aliphatic carbocycles. The number of hydrogen-bond acceptors (Lipinski definition) is 4. The quantitative estimate of drug-likeness (QED) is 0.606. The molecule has 0 saturated carbocycles. The molecule has 2 rings (SSSR count). The summed E-state index contributed by atoms with van der Waals surface area (Å²) < 4.78 is 0. The Morgan fingerprint density at radius 1 is 1.67 bits per heavy atom. The van der Waals surface area contributed by atoms with Crippen LogP contribution in [0.15, 0.2) is 11.4 Å². The normalized spacial score (nSPS) is 14.8. The van der Waals surface area contributed by atoms with Crippen LogP contribution in [0, 0.1) is 0 Å². The van der Waals surface area contributed by atoms with Gasteiger partial charge in [0.2, 0.25) is 0 Å². The smallest absolute Gasteiger partial charge is 0.323 e. The van der Waals surface area contributed by atoms with E-state index in [9.17, 15) is 4.79 Å². The zero-order chi connectivity index (χ0) is 10.8. The molecule has 2 heterocycles. The minimum absolute atomic E-state index is 0.0873. The van der Waals surface area contributed by atoms with Gasteiger partial charge in [-0.05, 0) is 13.2 Å². The fraction of sp³-hybridized carbons (Fsp3) is 0.444. The van der Waals surface area contributed by atoms with Crippen LogP contribution in [0.4, 0.5) is 10.6 Å². The van der Waals surface area contributed by atoms with Crippen LogP contribution in [0.3, 0.4) is 0 Å². The summed E-state index contributed by atoms with van der Waals surface area (Å²) in [4.78, 5) is 21.7. The number of rotatable bonds is 2. The van der Waals surface area contributed by atoms with Gasteiger partial charge in [-0.3, -0.25) is 4.90 Å². The third kappa shape index (κ3) is 1.77. The highest BCUT2D eigenvalue weighted by atomic mass is 32.2. The molecule has 0 saturated heterocycles. The molecule has 6 heteroatoms. The van der Waals surface area contributed by atoms with Crippen LogP contribution in [-0.2, 0) is 6.54 Å². The number of amides is 2. The number of thioether (sulfide) groups is 1. The first-order valence-electron chi connectivity index (χ1n) is 4.71. The lowest BCUT2D eigenvalue weighted by Gasteiger charge is -2.27. The van der Waals surface area contributed by atoms with Gasteiger partial charge < -0.3 is 5.32 Å². The molecule has 5 nitrogen and oxygen atoms in total. The lowest BCUT2D eigenvalue weighted by Crippen LogP contribution is -2.44. The molecule has 0 radical (unpaired) electrons. The topological polar surface area (TPSA) is 58.1 Å². The van der Waals surface area contributed by atoms with Gasteiger partial charge in [-0.2, -0.15) is 0 Å². The standard InChI is InChI=1S/C9H12N4OS/c1-3-13-7-6(5-11-9(13)14)4-10-8(12-7)15-2/h4H,3,5H2,1-2H3,(H,11,14). The predicted octanol–water partition coefficient (Wildman–Crippen LogP) is 1.25. The number of carbonyl (C=O) groups is 1. The maximum atomic E-state index is 11.5. The van der Waals surface area contributed by atoms with E-state index in [1.807, 2.05) is 13.2 Å². The summed E-state index contributed by atoms with van der Waals surface area (Å²) in [5.41, 5.74) is 0.967. The molecule has 80 valence electrons. The number of nitrogens with zero attached hydrogens (tertiary/aromatic N) is 3. The molecule has 0 fully saturated rings. The molecule has 0 unspecified atom stereocenters. The van der Waals surface area contributed by atoms with E-state index in [1.54, 1.807) is 11.1 Å². The Balaban J connectivity index is 2.45. The largest absolute Gasteiger partial charge is 0.333 e. The predicted molar refractivity (Wildman–Crippen MR) is 59.1 cm³/mol. The van der Waals surface area contributed by atoms with E-state index >= 15 is 0 Å². The Kier molecular flexibility index (Phi) is 2.77. The Hall–Kier alpha value is -1.30. The van der Waals surface area contributed by atoms with Gasteiger partial charge in [-0.25, -0.2) is 14.8 Å². The minimum Gasteiger partial charge on any atom is -0.333 e. The number of anilines is 1. The highest BCUT2D eigenvalue weighted by molar-refractivity contribution is 7.98. The fourth-order valence-corrected chi connectivity index (χ4v) is 1.83. The van der Waals surface area contributed by atoms with E-state index in [0.29, 0.717) is 18.2 Å². The highest BCUT2D eigenvalue weighted by Crippen LogP contribution is 2.23. The summed E-state index contributed by atoms with van der Waals surface area (Å²) >= 11 is 1.47. The number of urea groups is 1. The van der Waals surface area contributed by atoms with E-state index in [0.717, 1.165) is 11.4 Å². The van der Waals surface area contributed by atoms with Crippen molar-refractivity contribution in [2.24, 2.45) is 0 Å². The zero-order valence-electron chi connectivity index (χ0n) is 8.65. The molecule has 0 aromatic carbocycles. The average Bonchev–Trinajstić information content (AvgIpc) is 2.28. The van der Waals surface area contributed by atoms with Crippen molar-refractivity contribution >= 4 is 23.6 Å². The van der Waals surface area contributed by atoms with Crippen molar-refractivity contribution in [1.29, 1.82) is 0 Å². The molecular weight excluding hydrogens is 212 g/mol. The van der Waals surface area contributed by atoms with Gasteiger partial charge in [0.15, 0.2) is 5.16 Å². The van der Waals surface area contributed by atoms with Crippen molar-refractivity contribution in [2.75, 3.05) is 17.7 Å². The van der Waals surface area contributed by atoms with Crippen LogP contribution >= 0.6 is 11.8 Å². The molecule has 0 spiro atoms. The van der Waals surface area contributed by atoms with Crippen LogP contribution < -0.4 is 10.2 Å². The molecule has 0 bridgehead atoms. The molecule has 0 atom stereocenters. The van der Waals surface area contributed by atoms with Crippen molar-refractivity contribution in [3.05, 3.63) is 11.8 Å². The van der Waals surface area contributed by atoms with Crippen molar-refractivity contribution in [2.45, 2.75) is 18.6 Å². The third-order valence-electron chi connectivity index (χ3n) is 2.25.